The van der Waals surface area contributed by atoms with Gasteiger partial charge in [-0.1, -0.05) is 6.92 Å². The molecule has 2 unspecified atom stereocenters. The van der Waals surface area contributed by atoms with Crippen LogP contribution in [0.25, 0.3) is 0 Å². The molecule has 1 fully saturated rings. The highest BCUT2D eigenvalue weighted by Gasteiger charge is 2.27. The van der Waals surface area contributed by atoms with Crippen LogP contribution in [-0.4, -0.2) is 42.2 Å². The van der Waals surface area contributed by atoms with Gasteiger partial charge in [-0.25, -0.2) is 0 Å². The zero-order chi connectivity index (χ0) is 11.4. The number of hydrogen-bond acceptors (Lipinski definition) is 4. The summed E-state index contributed by atoms with van der Waals surface area (Å²) in [6.45, 7) is 4.96. The second kappa shape index (κ2) is 5.43. The first-order chi connectivity index (χ1) is 7.81. The maximum Gasteiger partial charge on any atom is 0.102 e. The molecule has 0 aliphatic carbocycles. The molecule has 0 aromatic carbocycles. The molecule has 1 saturated heterocycles. The van der Waals surface area contributed by atoms with Crippen molar-refractivity contribution in [3.63, 3.8) is 0 Å². The van der Waals surface area contributed by atoms with E-state index >= 15 is 0 Å². The van der Waals surface area contributed by atoms with E-state index in [1.165, 1.54) is 0 Å². The van der Waals surface area contributed by atoms with Crippen molar-refractivity contribution < 1.29 is 9.47 Å². The number of aryl methyl sites for hydroxylation is 1. The average molecular weight is 225 g/mol. The van der Waals surface area contributed by atoms with Crippen LogP contribution in [-0.2, 0) is 16.5 Å². The second-order valence-electron chi connectivity index (χ2n) is 3.93. The zero-order valence-electron chi connectivity index (χ0n) is 9.85. The Hall–Kier alpha value is -0.910. The van der Waals surface area contributed by atoms with Gasteiger partial charge in [0.25, 0.3) is 0 Å². The number of likely N-dealkylation sites (N-methyl/N-ethyl adjacent to an activating group) is 1. The highest BCUT2D eigenvalue weighted by atomic mass is 16.6. The number of rotatable bonds is 4. The Bertz CT molecular complexity index is 321. The van der Waals surface area contributed by atoms with Gasteiger partial charge in [-0.2, -0.15) is 5.10 Å². The molecule has 0 radical (unpaired) electrons. The SMILES string of the molecule is CCNC(c1ccn(C)n1)C1COCCO1. The van der Waals surface area contributed by atoms with E-state index in [0.29, 0.717) is 19.8 Å². The van der Waals surface area contributed by atoms with Gasteiger partial charge in [0.05, 0.1) is 31.6 Å². The summed E-state index contributed by atoms with van der Waals surface area (Å²) < 4.78 is 13.0. The van der Waals surface area contributed by atoms with Gasteiger partial charge in [0.15, 0.2) is 0 Å². The molecule has 1 aliphatic rings. The monoisotopic (exact) mass is 225 g/mol. The summed E-state index contributed by atoms with van der Waals surface area (Å²) in [7, 11) is 1.92. The van der Waals surface area contributed by atoms with E-state index in [1.54, 1.807) is 0 Å². The second-order valence-corrected chi connectivity index (χ2v) is 3.93. The first-order valence-electron chi connectivity index (χ1n) is 5.73. The molecule has 1 aliphatic heterocycles. The van der Waals surface area contributed by atoms with Crippen molar-refractivity contribution in [2.45, 2.75) is 19.1 Å². The van der Waals surface area contributed by atoms with Crippen molar-refractivity contribution in [1.82, 2.24) is 15.1 Å². The predicted octanol–water partition coefficient (Wildman–Crippen LogP) is 0.486. The Kier molecular flexibility index (Phi) is 3.93. The molecule has 2 rings (SSSR count). The summed E-state index contributed by atoms with van der Waals surface area (Å²) in [6.07, 6.45) is 2.01. The third kappa shape index (κ3) is 2.61. The number of nitrogens with one attached hydrogen (secondary N) is 1. The third-order valence-corrected chi connectivity index (χ3v) is 2.69. The van der Waals surface area contributed by atoms with E-state index in [0.717, 1.165) is 12.2 Å². The van der Waals surface area contributed by atoms with Crippen molar-refractivity contribution in [2.75, 3.05) is 26.4 Å². The Morgan fingerprint density at radius 2 is 2.50 bits per heavy atom. The summed E-state index contributed by atoms with van der Waals surface area (Å²) in [6, 6.07) is 2.14. The summed E-state index contributed by atoms with van der Waals surface area (Å²) in [5.74, 6) is 0. The number of hydrogen-bond donors (Lipinski definition) is 1. The summed E-state index contributed by atoms with van der Waals surface area (Å²) in [5.41, 5.74) is 1.01. The Morgan fingerprint density at radius 3 is 3.06 bits per heavy atom. The third-order valence-electron chi connectivity index (χ3n) is 2.69. The van der Waals surface area contributed by atoms with Gasteiger partial charge in [-0.3, -0.25) is 4.68 Å². The van der Waals surface area contributed by atoms with E-state index in [4.69, 9.17) is 9.47 Å². The molecule has 0 amide bonds. The fraction of sp³-hybridized carbons (Fsp3) is 0.727. The molecular weight excluding hydrogens is 206 g/mol. The van der Waals surface area contributed by atoms with E-state index in [9.17, 15) is 0 Å². The van der Waals surface area contributed by atoms with Gasteiger partial charge in [0, 0.05) is 13.2 Å². The van der Waals surface area contributed by atoms with Crippen molar-refractivity contribution in [3.8, 4) is 0 Å². The fourth-order valence-corrected chi connectivity index (χ4v) is 1.94. The molecule has 2 heterocycles. The van der Waals surface area contributed by atoms with Crippen molar-refractivity contribution in [2.24, 2.45) is 7.05 Å². The van der Waals surface area contributed by atoms with E-state index in [2.05, 4.69) is 17.3 Å². The predicted molar refractivity (Wildman–Crippen MR) is 60.2 cm³/mol. The lowest BCUT2D eigenvalue weighted by Crippen LogP contribution is -2.40. The van der Waals surface area contributed by atoms with Crippen LogP contribution in [0.15, 0.2) is 12.3 Å². The van der Waals surface area contributed by atoms with E-state index in [1.807, 2.05) is 24.0 Å². The topological polar surface area (TPSA) is 48.3 Å². The molecule has 0 bridgehead atoms. The maximum atomic E-state index is 5.72. The summed E-state index contributed by atoms with van der Waals surface area (Å²) in [4.78, 5) is 0. The lowest BCUT2D eigenvalue weighted by Gasteiger charge is -2.29. The Morgan fingerprint density at radius 1 is 1.62 bits per heavy atom. The van der Waals surface area contributed by atoms with Crippen LogP contribution in [0.4, 0.5) is 0 Å². The summed E-state index contributed by atoms with van der Waals surface area (Å²) >= 11 is 0. The molecule has 1 aromatic rings. The number of aromatic nitrogens is 2. The van der Waals surface area contributed by atoms with Crippen LogP contribution >= 0.6 is 0 Å². The van der Waals surface area contributed by atoms with Crippen LogP contribution in [0, 0.1) is 0 Å². The first-order valence-corrected chi connectivity index (χ1v) is 5.73. The highest BCUT2D eigenvalue weighted by molar-refractivity contribution is 5.08. The van der Waals surface area contributed by atoms with Gasteiger partial charge in [-0.05, 0) is 12.6 Å². The molecule has 16 heavy (non-hydrogen) atoms. The van der Waals surface area contributed by atoms with Crippen molar-refractivity contribution in [3.05, 3.63) is 18.0 Å². The molecule has 0 spiro atoms. The van der Waals surface area contributed by atoms with E-state index < -0.39 is 0 Å². The summed E-state index contributed by atoms with van der Waals surface area (Å²) in [5, 5.41) is 7.82. The van der Waals surface area contributed by atoms with Gasteiger partial charge in [0.1, 0.15) is 6.10 Å². The maximum absolute atomic E-state index is 5.72. The average Bonchev–Trinajstić information content (AvgIpc) is 2.74. The van der Waals surface area contributed by atoms with Crippen LogP contribution in [0.1, 0.15) is 18.7 Å². The molecule has 2 atom stereocenters. The van der Waals surface area contributed by atoms with Crippen LogP contribution in [0.5, 0.6) is 0 Å². The largest absolute Gasteiger partial charge is 0.376 e. The molecule has 90 valence electrons. The Balaban J connectivity index is 2.09. The first kappa shape index (κ1) is 11.6. The molecule has 1 aromatic heterocycles. The van der Waals surface area contributed by atoms with Gasteiger partial charge in [-0.15, -0.1) is 0 Å². The number of ether oxygens (including phenoxy) is 2. The highest BCUT2D eigenvalue weighted by Crippen LogP contribution is 2.19. The van der Waals surface area contributed by atoms with Crippen LogP contribution < -0.4 is 5.32 Å². The van der Waals surface area contributed by atoms with Crippen molar-refractivity contribution in [1.29, 1.82) is 0 Å². The normalized spacial score (nSPS) is 23.2. The van der Waals surface area contributed by atoms with Crippen molar-refractivity contribution >= 4 is 0 Å². The molecule has 0 saturated carbocycles. The van der Waals surface area contributed by atoms with Gasteiger partial charge in [0.2, 0.25) is 0 Å². The molecule has 5 heteroatoms. The van der Waals surface area contributed by atoms with Crippen LogP contribution in [0.2, 0.25) is 0 Å². The zero-order valence-corrected chi connectivity index (χ0v) is 9.85. The lowest BCUT2D eigenvalue weighted by molar-refractivity contribution is -0.102. The minimum absolute atomic E-state index is 0.0589. The fourth-order valence-electron chi connectivity index (χ4n) is 1.94. The standard InChI is InChI=1S/C11H19N3O2/c1-3-12-11(9-4-5-14(2)13-9)10-8-15-6-7-16-10/h4-5,10-12H,3,6-8H2,1-2H3. The number of nitrogens with zero attached hydrogens (tertiary/aromatic N) is 2. The Labute approximate surface area is 95.7 Å². The molecular formula is C11H19N3O2. The smallest absolute Gasteiger partial charge is 0.102 e. The van der Waals surface area contributed by atoms with Gasteiger partial charge < -0.3 is 14.8 Å². The molecule has 1 N–H and O–H groups in total. The lowest BCUT2D eigenvalue weighted by atomic mass is 10.1. The molecule has 5 nitrogen and oxygen atoms in total. The van der Waals surface area contributed by atoms with E-state index in [-0.39, 0.29) is 12.1 Å². The quantitative estimate of drug-likeness (QED) is 0.810. The minimum atomic E-state index is 0.0589. The minimum Gasteiger partial charge on any atom is -0.376 e. The van der Waals surface area contributed by atoms with Crippen LogP contribution in [0.3, 0.4) is 0 Å². The van der Waals surface area contributed by atoms with Gasteiger partial charge >= 0.3 is 0 Å².